The minimum atomic E-state index is -0.735. The van der Waals surface area contributed by atoms with Gasteiger partial charge in [-0.15, -0.1) is 0 Å². The van der Waals surface area contributed by atoms with Gasteiger partial charge in [0.15, 0.2) is 0 Å². The molecule has 6 heteroatoms. The Bertz CT molecular complexity index is 429. The Morgan fingerprint density at radius 3 is 2.50 bits per heavy atom. The first-order chi connectivity index (χ1) is 11.5. The summed E-state index contributed by atoms with van der Waals surface area (Å²) in [6.45, 7) is 0. The van der Waals surface area contributed by atoms with Gasteiger partial charge in [0.2, 0.25) is 5.91 Å². The number of hydrazine groups is 1. The first kappa shape index (κ1) is 19.2. The average Bonchev–Trinajstić information content (AvgIpc) is 2.58. The van der Waals surface area contributed by atoms with Crippen LogP contribution in [0, 0.1) is 11.8 Å². The molecule has 2 fully saturated rings. The van der Waals surface area contributed by atoms with E-state index in [-0.39, 0.29) is 24.3 Å². The normalized spacial score (nSPS) is 30.8. The molecule has 0 radical (unpaired) electrons. The molecule has 2 rings (SSSR count). The molecule has 24 heavy (non-hydrogen) atoms. The van der Waals surface area contributed by atoms with E-state index in [1.165, 1.54) is 5.01 Å². The smallest absolute Gasteiger partial charge is 0.303 e. The van der Waals surface area contributed by atoms with Gasteiger partial charge in [-0.2, -0.15) is 0 Å². The van der Waals surface area contributed by atoms with Crippen molar-refractivity contribution in [1.82, 2.24) is 5.01 Å². The van der Waals surface area contributed by atoms with Crippen LogP contribution in [0.3, 0.4) is 0 Å². The predicted molar refractivity (Wildman–Crippen MR) is 90.8 cm³/mol. The number of nitrogens with two attached hydrogens (primary N) is 1. The van der Waals surface area contributed by atoms with E-state index in [2.05, 4.69) is 0 Å². The summed E-state index contributed by atoms with van der Waals surface area (Å²) >= 11 is 0. The fourth-order valence-electron chi connectivity index (χ4n) is 4.26. The number of nitrogens with zero attached hydrogens (tertiary/aromatic N) is 1. The topological polar surface area (TPSA) is 104 Å². The van der Waals surface area contributed by atoms with Crippen molar-refractivity contribution in [3.05, 3.63) is 0 Å². The van der Waals surface area contributed by atoms with Crippen LogP contribution in [0.15, 0.2) is 0 Å². The van der Waals surface area contributed by atoms with Crippen LogP contribution in [0.5, 0.6) is 0 Å². The molecule has 4 unspecified atom stereocenters. The molecule has 1 amide bonds. The summed E-state index contributed by atoms with van der Waals surface area (Å²) in [6, 6.07) is 0.0600. The second-order valence-corrected chi connectivity index (χ2v) is 7.53. The van der Waals surface area contributed by atoms with Gasteiger partial charge in [0, 0.05) is 12.5 Å². The highest BCUT2D eigenvalue weighted by Gasteiger charge is 2.35. The van der Waals surface area contributed by atoms with E-state index in [0.717, 1.165) is 64.2 Å². The second kappa shape index (κ2) is 9.37. The molecule has 0 aromatic rings. The number of hydrogen-bond acceptors (Lipinski definition) is 4. The zero-order chi connectivity index (χ0) is 17.5. The quantitative estimate of drug-likeness (QED) is 0.286. The van der Waals surface area contributed by atoms with Crippen molar-refractivity contribution in [1.29, 1.82) is 0 Å². The monoisotopic (exact) mass is 340 g/mol. The number of carbonyl (C=O) groups excluding carboxylic acids is 1. The van der Waals surface area contributed by atoms with Gasteiger partial charge in [-0.3, -0.25) is 14.6 Å². The predicted octanol–water partition coefficient (Wildman–Crippen LogP) is 2.44. The van der Waals surface area contributed by atoms with Crippen LogP contribution in [0.1, 0.15) is 77.0 Å². The number of carbonyl (C=O) groups is 2. The maximum atomic E-state index is 12.6. The largest absolute Gasteiger partial charge is 0.481 e. The van der Waals surface area contributed by atoms with Gasteiger partial charge in [0.05, 0.1) is 12.0 Å². The third-order valence-electron chi connectivity index (χ3n) is 5.70. The van der Waals surface area contributed by atoms with E-state index < -0.39 is 12.1 Å². The molecular formula is C18H32N2O4. The van der Waals surface area contributed by atoms with Crippen LogP contribution >= 0.6 is 0 Å². The third-order valence-corrected chi connectivity index (χ3v) is 5.70. The highest BCUT2D eigenvalue weighted by molar-refractivity contribution is 5.79. The second-order valence-electron chi connectivity index (χ2n) is 7.53. The molecule has 2 saturated carbocycles. The number of rotatable bonds is 7. The van der Waals surface area contributed by atoms with Crippen molar-refractivity contribution in [2.24, 2.45) is 17.7 Å². The van der Waals surface area contributed by atoms with Crippen LogP contribution < -0.4 is 5.84 Å². The summed E-state index contributed by atoms with van der Waals surface area (Å²) in [6.07, 6.45) is 9.76. The lowest BCUT2D eigenvalue weighted by molar-refractivity contribution is -0.145. The van der Waals surface area contributed by atoms with Crippen LogP contribution in [-0.4, -0.2) is 39.2 Å². The number of aliphatic carboxylic acids is 1. The Morgan fingerprint density at radius 2 is 1.79 bits per heavy atom. The standard InChI is InChI=1S/C18H32N2O4/c19-20(18(24)15-9-2-3-10-16(15)21)14-8-5-7-13(12-14)6-1-4-11-17(22)23/h13-16,21H,1-12,19H2,(H,22,23). The van der Waals surface area contributed by atoms with Crippen molar-refractivity contribution >= 4 is 11.9 Å². The number of amides is 1. The Morgan fingerprint density at radius 1 is 1.04 bits per heavy atom. The van der Waals surface area contributed by atoms with E-state index in [9.17, 15) is 14.7 Å². The summed E-state index contributed by atoms with van der Waals surface area (Å²) in [5.41, 5.74) is 0. The molecular weight excluding hydrogens is 308 g/mol. The first-order valence-corrected chi connectivity index (χ1v) is 9.46. The summed E-state index contributed by atoms with van der Waals surface area (Å²) in [7, 11) is 0. The molecule has 0 aromatic heterocycles. The average molecular weight is 340 g/mol. The van der Waals surface area contributed by atoms with E-state index >= 15 is 0 Å². The SMILES string of the molecule is NN(C(=O)C1CCCCC1O)C1CCCC(CCCCC(=O)O)C1. The number of aliphatic hydroxyl groups excluding tert-OH is 1. The van der Waals surface area contributed by atoms with E-state index in [0.29, 0.717) is 12.3 Å². The van der Waals surface area contributed by atoms with Gasteiger partial charge in [-0.1, -0.05) is 38.5 Å². The molecule has 0 spiro atoms. The maximum absolute atomic E-state index is 12.6. The van der Waals surface area contributed by atoms with E-state index in [1.807, 2.05) is 0 Å². The summed E-state index contributed by atoms with van der Waals surface area (Å²) in [5.74, 6) is 5.49. The Balaban J connectivity index is 1.79. The van der Waals surface area contributed by atoms with Crippen LogP contribution in [0.4, 0.5) is 0 Å². The van der Waals surface area contributed by atoms with Gasteiger partial charge in [0.1, 0.15) is 0 Å². The van der Waals surface area contributed by atoms with E-state index in [4.69, 9.17) is 10.9 Å². The Hall–Kier alpha value is -1.14. The number of hydrogen-bond donors (Lipinski definition) is 3. The van der Waals surface area contributed by atoms with Gasteiger partial charge in [-0.25, -0.2) is 5.84 Å². The molecule has 0 saturated heterocycles. The van der Waals surface area contributed by atoms with Crippen molar-refractivity contribution in [2.75, 3.05) is 0 Å². The molecule has 0 heterocycles. The maximum Gasteiger partial charge on any atom is 0.303 e. The minimum Gasteiger partial charge on any atom is -0.481 e. The van der Waals surface area contributed by atoms with Crippen LogP contribution in [-0.2, 0) is 9.59 Å². The molecule has 0 aliphatic heterocycles. The zero-order valence-corrected chi connectivity index (χ0v) is 14.5. The molecule has 2 aliphatic carbocycles. The molecule has 6 nitrogen and oxygen atoms in total. The van der Waals surface area contributed by atoms with Crippen LogP contribution in [0.2, 0.25) is 0 Å². The van der Waals surface area contributed by atoms with Gasteiger partial charge < -0.3 is 10.2 Å². The molecule has 2 aliphatic rings. The summed E-state index contributed by atoms with van der Waals surface area (Å²) in [4.78, 5) is 23.2. The lowest BCUT2D eigenvalue weighted by atomic mass is 9.81. The van der Waals surface area contributed by atoms with Gasteiger partial charge >= 0.3 is 5.97 Å². The van der Waals surface area contributed by atoms with Crippen molar-refractivity contribution in [3.63, 3.8) is 0 Å². The highest BCUT2D eigenvalue weighted by atomic mass is 16.4. The number of aliphatic hydroxyl groups is 1. The zero-order valence-electron chi connectivity index (χ0n) is 14.5. The number of unbranched alkanes of at least 4 members (excludes halogenated alkanes) is 1. The fraction of sp³-hybridized carbons (Fsp3) is 0.889. The lowest BCUT2D eigenvalue weighted by Crippen LogP contribution is -2.52. The third kappa shape index (κ3) is 5.45. The minimum absolute atomic E-state index is 0.0600. The molecule has 4 atom stereocenters. The first-order valence-electron chi connectivity index (χ1n) is 9.46. The lowest BCUT2D eigenvalue weighted by Gasteiger charge is -2.38. The number of carboxylic acids is 1. The van der Waals surface area contributed by atoms with Crippen molar-refractivity contribution in [2.45, 2.75) is 89.2 Å². The van der Waals surface area contributed by atoms with Gasteiger partial charge in [-0.05, 0) is 38.0 Å². The molecule has 138 valence electrons. The molecule has 0 aromatic carbocycles. The fourth-order valence-corrected chi connectivity index (χ4v) is 4.26. The van der Waals surface area contributed by atoms with Crippen molar-refractivity contribution < 1.29 is 19.8 Å². The Kier molecular flexibility index (Phi) is 7.49. The number of carboxylic acid groups (broad SMARTS) is 1. The van der Waals surface area contributed by atoms with E-state index in [1.54, 1.807) is 0 Å². The molecule has 4 N–H and O–H groups in total. The summed E-state index contributed by atoms with van der Waals surface area (Å²) < 4.78 is 0. The van der Waals surface area contributed by atoms with Gasteiger partial charge in [0.25, 0.3) is 0 Å². The Labute approximate surface area is 144 Å². The summed E-state index contributed by atoms with van der Waals surface area (Å²) in [5, 5.41) is 20.2. The van der Waals surface area contributed by atoms with Crippen molar-refractivity contribution in [3.8, 4) is 0 Å². The highest BCUT2D eigenvalue weighted by Crippen LogP contribution is 2.32. The molecule has 0 bridgehead atoms. The van der Waals surface area contributed by atoms with Crippen LogP contribution in [0.25, 0.3) is 0 Å².